The summed E-state index contributed by atoms with van der Waals surface area (Å²) in [4.78, 5) is 23.6. The molecule has 0 atom stereocenters. The van der Waals surface area contributed by atoms with Gasteiger partial charge >= 0.3 is 0 Å². The molecule has 0 aliphatic heterocycles. The molecule has 0 aromatic heterocycles. The number of benzene rings is 2. The Morgan fingerprint density at radius 1 is 0.833 bits per heavy atom. The number of thiocarbonyl (C=S) groups is 1. The Balaban J connectivity index is 1.71. The van der Waals surface area contributed by atoms with Crippen molar-refractivity contribution in [2.45, 2.75) is 12.8 Å². The zero-order valence-corrected chi connectivity index (χ0v) is 14.3. The van der Waals surface area contributed by atoms with E-state index in [9.17, 15) is 9.59 Å². The first-order valence-electron chi connectivity index (χ1n) is 7.20. The molecule has 7 heteroatoms. The van der Waals surface area contributed by atoms with Gasteiger partial charge in [0.2, 0.25) is 11.8 Å². The van der Waals surface area contributed by atoms with Gasteiger partial charge < -0.3 is 5.32 Å². The highest BCUT2D eigenvalue weighted by molar-refractivity contribution is 7.80. The standard InChI is InChI=1S/C17H16ClN3O2S/c18-14-8-6-13(7-9-14)10-15(22)19-17(24)21-20-16(23)11-12-4-2-1-3-5-12/h1-9H,10-11H2,(H,20,23)(H2,19,21,22,24). The summed E-state index contributed by atoms with van der Waals surface area (Å²) in [6.07, 6.45) is 0.381. The minimum absolute atomic E-state index is 0.0374. The summed E-state index contributed by atoms with van der Waals surface area (Å²) in [6.45, 7) is 0. The number of carbonyl (C=O) groups excluding carboxylic acids is 2. The molecule has 0 saturated heterocycles. The molecule has 2 aromatic rings. The summed E-state index contributed by atoms with van der Waals surface area (Å²) < 4.78 is 0. The zero-order valence-electron chi connectivity index (χ0n) is 12.7. The molecular formula is C17H16ClN3O2S. The maximum absolute atomic E-state index is 11.9. The van der Waals surface area contributed by atoms with Crippen LogP contribution in [0.4, 0.5) is 0 Å². The van der Waals surface area contributed by atoms with Crippen molar-refractivity contribution in [1.82, 2.24) is 16.2 Å². The number of nitrogens with one attached hydrogen (secondary N) is 3. The van der Waals surface area contributed by atoms with Crippen LogP contribution in [-0.2, 0) is 22.4 Å². The Hall–Kier alpha value is -2.44. The van der Waals surface area contributed by atoms with E-state index in [1.54, 1.807) is 24.3 Å². The Morgan fingerprint density at radius 3 is 2.08 bits per heavy atom. The Labute approximate surface area is 150 Å². The highest BCUT2D eigenvalue weighted by Gasteiger charge is 2.07. The quantitative estimate of drug-likeness (QED) is 0.576. The van der Waals surface area contributed by atoms with Crippen molar-refractivity contribution in [2.24, 2.45) is 0 Å². The van der Waals surface area contributed by atoms with Gasteiger partial charge in [-0.2, -0.15) is 0 Å². The van der Waals surface area contributed by atoms with Crippen molar-refractivity contribution < 1.29 is 9.59 Å². The van der Waals surface area contributed by atoms with E-state index in [-0.39, 0.29) is 29.8 Å². The summed E-state index contributed by atoms with van der Waals surface area (Å²) in [5.74, 6) is -0.539. The first kappa shape index (κ1) is 17.9. The molecule has 24 heavy (non-hydrogen) atoms. The van der Waals surface area contributed by atoms with Crippen LogP contribution < -0.4 is 16.2 Å². The van der Waals surface area contributed by atoms with Crippen molar-refractivity contribution in [3.8, 4) is 0 Å². The normalized spacial score (nSPS) is 9.88. The fraction of sp³-hybridized carbons (Fsp3) is 0.118. The second-order valence-corrected chi connectivity index (χ2v) is 5.86. The monoisotopic (exact) mass is 361 g/mol. The molecule has 0 heterocycles. The summed E-state index contributed by atoms with van der Waals surface area (Å²) >= 11 is 10.8. The zero-order chi connectivity index (χ0) is 17.4. The van der Waals surface area contributed by atoms with Crippen LogP contribution in [0.1, 0.15) is 11.1 Å². The Bertz CT molecular complexity index is 720. The van der Waals surface area contributed by atoms with E-state index in [1.165, 1.54) is 0 Å². The van der Waals surface area contributed by atoms with Gasteiger partial charge in [-0.1, -0.05) is 54.1 Å². The molecule has 0 radical (unpaired) electrons. The molecular weight excluding hydrogens is 346 g/mol. The second-order valence-electron chi connectivity index (χ2n) is 5.02. The molecule has 0 spiro atoms. The highest BCUT2D eigenvalue weighted by Crippen LogP contribution is 2.09. The third kappa shape index (κ3) is 6.36. The number of rotatable bonds is 4. The van der Waals surface area contributed by atoms with Gasteiger partial charge in [-0.25, -0.2) is 0 Å². The minimum atomic E-state index is -0.285. The number of carbonyl (C=O) groups is 2. The van der Waals surface area contributed by atoms with Crippen LogP contribution in [0, 0.1) is 0 Å². The smallest absolute Gasteiger partial charge is 0.242 e. The van der Waals surface area contributed by atoms with E-state index < -0.39 is 0 Å². The van der Waals surface area contributed by atoms with Crippen LogP contribution in [0.5, 0.6) is 0 Å². The first-order chi connectivity index (χ1) is 11.5. The fourth-order valence-corrected chi connectivity index (χ4v) is 2.23. The largest absolute Gasteiger partial charge is 0.302 e. The van der Waals surface area contributed by atoms with Crippen LogP contribution in [0.25, 0.3) is 0 Å². The molecule has 3 N–H and O–H groups in total. The van der Waals surface area contributed by atoms with E-state index in [0.717, 1.165) is 11.1 Å². The van der Waals surface area contributed by atoms with Crippen LogP contribution >= 0.6 is 23.8 Å². The van der Waals surface area contributed by atoms with E-state index in [1.807, 2.05) is 30.3 Å². The lowest BCUT2D eigenvalue weighted by molar-refractivity contribution is -0.121. The maximum atomic E-state index is 11.9. The summed E-state index contributed by atoms with van der Waals surface area (Å²) in [5, 5.41) is 3.14. The average molecular weight is 362 g/mol. The lowest BCUT2D eigenvalue weighted by Crippen LogP contribution is -2.49. The topological polar surface area (TPSA) is 70.2 Å². The van der Waals surface area contributed by atoms with Crippen LogP contribution in [0.3, 0.4) is 0 Å². The van der Waals surface area contributed by atoms with Gasteiger partial charge in [0, 0.05) is 5.02 Å². The number of halogens is 1. The lowest BCUT2D eigenvalue weighted by Gasteiger charge is -2.11. The van der Waals surface area contributed by atoms with Gasteiger partial charge in [0.25, 0.3) is 0 Å². The number of amides is 2. The second kappa shape index (κ2) is 9.00. The molecule has 2 rings (SSSR count). The van der Waals surface area contributed by atoms with Gasteiger partial charge in [0.15, 0.2) is 5.11 Å². The first-order valence-corrected chi connectivity index (χ1v) is 7.98. The van der Waals surface area contributed by atoms with Gasteiger partial charge in [0.1, 0.15) is 0 Å². The number of hydrogen-bond acceptors (Lipinski definition) is 3. The van der Waals surface area contributed by atoms with Crippen LogP contribution in [-0.4, -0.2) is 16.9 Å². The van der Waals surface area contributed by atoms with E-state index in [0.29, 0.717) is 5.02 Å². The van der Waals surface area contributed by atoms with Gasteiger partial charge in [-0.05, 0) is 35.5 Å². The molecule has 0 unspecified atom stereocenters. The van der Waals surface area contributed by atoms with Crippen LogP contribution in [0.15, 0.2) is 54.6 Å². The molecule has 0 saturated carbocycles. The third-order valence-electron chi connectivity index (χ3n) is 3.05. The summed E-state index contributed by atoms with van der Waals surface area (Å²) in [5.41, 5.74) is 6.65. The molecule has 124 valence electrons. The SMILES string of the molecule is O=C(Cc1ccccc1)NNC(=S)NC(=O)Cc1ccc(Cl)cc1. The molecule has 2 aromatic carbocycles. The van der Waals surface area contributed by atoms with Crippen LogP contribution in [0.2, 0.25) is 5.02 Å². The van der Waals surface area contributed by atoms with Crippen molar-refractivity contribution in [3.05, 3.63) is 70.7 Å². The molecule has 5 nitrogen and oxygen atoms in total. The van der Waals surface area contributed by atoms with E-state index in [2.05, 4.69) is 16.2 Å². The Morgan fingerprint density at radius 2 is 1.42 bits per heavy atom. The third-order valence-corrected chi connectivity index (χ3v) is 3.51. The molecule has 0 aliphatic carbocycles. The number of hydrogen-bond donors (Lipinski definition) is 3. The minimum Gasteiger partial charge on any atom is -0.302 e. The predicted molar refractivity (Wildman–Crippen MR) is 97.3 cm³/mol. The van der Waals surface area contributed by atoms with Crippen molar-refractivity contribution in [2.75, 3.05) is 0 Å². The Kier molecular flexibility index (Phi) is 6.72. The summed E-state index contributed by atoms with van der Waals surface area (Å²) in [7, 11) is 0. The predicted octanol–water partition coefficient (Wildman–Crippen LogP) is 2.15. The van der Waals surface area contributed by atoms with Gasteiger partial charge in [-0.15, -0.1) is 0 Å². The maximum Gasteiger partial charge on any atom is 0.242 e. The molecule has 2 amide bonds. The lowest BCUT2D eigenvalue weighted by atomic mass is 10.1. The van der Waals surface area contributed by atoms with Crippen molar-refractivity contribution >= 4 is 40.7 Å². The fourth-order valence-electron chi connectivity index (χ4n) is 1.94. The van der Waals surface area contributed by atoms with E-state index >= 15 is 0 Å². The van der Waals surface area contributed by atoms with Gasteiger partial charge in [-0.3, -0.25) is 20.4 Å². The van der Waals surface area contributed by atoms with Gasteiger partial charge in [0.05, 0.1) is 12.8 Å². The average Bonchev–Trinajstić information content (AvgIpc) is 2.56. The van der Waals surface area contributed by atoms with Crippen molar-refractivity contribution in [3.63, 3.8) is 0 Å². The van der Waals surface area contributed by atoms with Crippen molar-refractivity contribution in [1.29, 1.82) is 0 Å². The molecule has 0 aliphatic rings. The van der Waals surface area contributed by atoms with E-state index in [4.69, 9.17) is 23.8 Å². The number of hydrazine groups is 1. The summed E-state index contributed by atoms with van der Waals surface area (Å²) in [6, 6.07) is 16.3. The molecule has 0 fully saturated rings. The molecule has 0 bridgehead atoms. The highest BCUT2D eigenvalue weighted by atomic mass is 35.5.